The number of carbonyl (C=O) groups excluding carboxylic acids is 2. The second kappa shape index (κ2) is 11.3. The van der Waals surface area contributed by atoms with E-state index < -0.39 is 17.7 Å². The Hall–Kier alpha value is -3.76. The van der Waals surface area contributed by atoms with Gasteiger partial charge in [-0.1, -0.05) is 6.07 Å². The Morgan fingerprint density at radius 3 is 2.47 bits per heavy atom. The molecular formula is C28H32N2O8. The first-order valence-electron chi connectivity index (χ1n) is 12.8. The third-order valence-corrected chi connectivity index (χ3v) is 6.92. The highest BCUT2D eigenvalue weighted by Crippen LogP contribution is 2.43. The summed E-state index contributed by atoms with van der Waals surface area (Å²) in [4.78, 5) is 30.5. The highest BCUT2D eigenvalue weighted by Gasteiger charge is 2.46. The molecule has 1 amide bonds. The van der Waals surface area contributed by atoms with Crippen LogP contribution in [0, 0.1) is 0 Å². The lowest BCUT2D eigenvalue weighted by molar-refractivity contribution is -0.140. The van der Waals surface area contributed by atoms with Gasteiger partial charge in [0.1, 0.15) is 19.0 Å². The molecular weight excluding hydrogens is 492 g/mol. The fraction of sp³-hybridized carbons (Fsp3) is 0.429. The van der Waals surface area contributed by atoms with Gasteiger partial charge in [0.15, 0.2) is 23.0 Å². The normalized spacial score (nSPS) is 21.0. The van der Waals surface area contributed by atoms with Crippen molar-refractivity contribution in [2.75, 3.05) is 66.3 Å². The molecule has 1 atom stereocenters. The topological polar surface area (TPSA) is 107 Å². The fourth-order valence-corrected chi connectivity index (χ4v) is 5.01. The Kier molecular flexibility index (Phi) is 7.71. The summed E-state index contributed by atoms with van der Waals surface area (Å²) in [6.45, 7) is 6.80. The van der Waals surface area contributed by atoms with E-state index in [1.165, 1.54) is 12.0 Å². The molecule has 0 aliphatic carbocycles. The number of aliphatic hydroxyl groups excluding tert-OH is 1. The lowest BCUT2D eigenvalue weighted by atomic mass is 9.94. The minimum absolute atomic E-state index is 0.0138. The number of methoxy groups -OCH3 is 1. The average Bonchev–Trinajstić information content (AvgIpc) is 3.21. The Balaban J connectivity index is 1.56. The zero-order chi connectivity index (χ0) is 26.6. The molecule has 2 aromatic rings. The molecule has 5 rings (SSSR count). The quantitative estimate of drug-likeness (QED) is 0.317. The van der Waals surface area contributed by atoms with E-state index in [1.807, 2.05) is 6.92 Å². The Labute approximate surface area is 221 Å². The van der Waals surface area contributed by atoms with Crippen molar-refractivity contribution >= 4 is 17.4 Å². The van der Waals surface area contributed by atoms with Crippen molar-refractivity contribution in [2.24, 2.45) is 0 Å². The summed E-state index contributed by atoms with van der Waals surface area (Å²) in [5, 5.41) is 11.4. The number of aliphatic hydroxyl groups is 1. The van der Waals surface area contributed by atoms with Gasteiger partial charge < -0.3 is 33.7 Å². The van der Waals surface area contributed by atoms with Gasteiger partial charge in [0.05, 0.1) is 38.5 Å². The predicted molar refractivity (Wildman–Crippen MR) is 138 cm³/mol. The van der Waals surface area contributed by atoms with Gasteiger partial charge in [-0.2, -0.15) is 0 Å². The molecule has 2 fully saturated rings. The molecule has 3 aliphatic heterocycles. The molecule has 2 aromatic carbocycles. The van der Waals surface area contributed by atoms with E-state index in [0.717, 1.165) is 13.1 Å². The number of ketones is 1. The summed E-state index contributed by atoms with van der Waals surface area (Å²) < 4.78 is 27.9. The number of fused-ring (bicyclic) bond motifs is 1. The third kappa shape index (κ3) is 5.01. The maximum Gasteiger partial charge on any atom is 0.295 e. The second-order valence-electron chi connectivity index (χ2n) is 9.15. The van der Waals surface area contributed by atoms with Crippen molar-refractivity contribution in [3.05, 3.63) is 53.1 Å². The highest BCUT2D eigenvalue weighted by atomic mass is 16.6. The molecule has 3 heterocycles. The monoisotopic (exact) mass is 524 g/mol. The molecule has 3 aliphatic rings. The number of morpholine rings is 1. The number of nitrogens with zero attached hydrogens (tertiary/aromatic N) is 2. The molecule has 2 saturated heterocycles. The first-order chi connectivity index (χ1) is 18.5. The lowest BCUT2D eigenvalue weighted by Crippen LogP contribution is -2.42. The van der Waals surface area contributed by atoms with Gasteiger partial charge in [0.2, 0.25) is 0 Å². The minimum atomic E-state index is -0.811. The van der Waals surface area contributed by atoms with Crippen LogP contribution < -0.4 is 18.9 Å². The van der Waals surface area contributed by atoms with E-state index in [0.29, 0.717) is 80.2 Å². The van der Waals surface area contributed by atoms with Crippen LogP contribution in [-0.4, -0.2) is 92.9 Å². The summed E-state index contributed by atoms with van der Waals surface area (Å²) >= 11 is 0. The number of carbonyl (C=O) groups is 2. The van der Waals surface area contributed by atoms with Gasteiger partial charge in [-0.15, -0.1) is 0 Å². The number of hydrogen-bond acceptors (Lipinski definition) is 9. The summed E-state index contributed by atoms with van der Waals surface area (Å²) in [6, 6.07) is 9.45. The van der Waals surface area contributed by atoms with Gasteiger partial charge in [0.25, 0.3) is 11.7 Å². The molecule has 0 radical (unpaired) electrons. The summed E-state index contributed by atoms with van der Waals surface area (Å²) in [7, 11) is 1.53. The molecule has 10 heteroatoms. The van der Waals surface area contributed by atoms with Crippen LogP contribution in [0.1, 0.15) is 24.1 Å². The van der Waals surface area contributed by atoms with E-state index in [9.17, 15) is 14.7 Å². The van der Waals surface area contributed by atoms with E-state index in [4.69, 9.17) is 23.7 Å². The van der Waals surface area contributed by atoms with Crippen molar-refractivity contribution in [1.82, 2.24) is 9.80 Å². The van der Waals surface area contributed by atoms with Gasteiger partial charge >= 0.3 is 0 Å². The Morgan fingerprint density at radius 1 is 0.974 bits per heavy atom. The average molecular weight is 525 g/mol. The van der Waals surface area contributed by atoms with Gasteiger partial charge in [-0.05, 0) is 42.8 Å². The summed E-state index contributed by atoms with van der Waals surface area (Å²) in [6.07, 6.45) is 0. The largest absolute Gasteiger partial charge is 0.507 e. The first-order valence-corrected chi connectivity index (χ1v) is 12.8. The molecule has 10 nitrogen and oxygen atoms in total. The molecule has 202 valence electrons. The van der Waals surface area contributed by atoms with Crippen LogP contribution in [0.15, 0.2) is 42.0 Å². The molecule has 1 N–H and O–H groups in total. The fourth-order valence-electron chi connectivity index (χ4n) is 5.01. The van der Waals surface area contributed by atoms with E-state index in [1.54, 1.807) is 36.4 Å². The number of Topliss-reactive ketones (excluding diaryl/α,β-unsaturated/α-hetero) is 1. The van der Waals surface area contributed by atoms with Crippen molar-refractivity contribution < 1.29 is 38.4 Å². The smallest absolute Gasteiger partial charge is 0.295 e. The van der Waals surface area contributed by atoms with Crippen LogP contribution in [0.25, 0.3) is 5.76 Å². The van der Waals surface area contributed by atoms with Crippen LogP contribution >= 0.6 is 0 Å². The van der Waals surface area contributed by atoms with Gasteiger partial charge in [-0.25, -0.2) is 0 Å². The van der Waals surface area contributed by atoms with Crippen LogP contribution in [0.4, 0.5) is 0 Å². The molecule has 0 spiro atoms. The third-order valence-electron chi connectivity index (χ3n) is 6.92. The first kappa shape index (κ1) is 25.9. The maximum absolute atomic E-state index is 13.4. The van der Waals surface area contributed by atoms with E-state index in [-0.39, 0.29) is 11.3 Å². The minimum Gasteiger partial charge on any atom is -0.507 e. The molecule has 0 aromatic heterocycles. The Bertz CT molecular complexity index is 1240. The molecule has 0 unspecified atom stereocenters. The second-order valence-corrected chi connectivity index (χ2v) is 9.15. The molecule has 0 saturated carbocycles. The van der Waals surface area contributed by atoms with Crippen molar-refractivity contribution in [1.29, 1.82) is 0 Å². The zero-order valence-electron chi connectivity index (χ0n) is 21.6. The lowest BCUT2D eigenvalue weighted by Gasteiger charge is -2.31. The number of benzene rings is 2. The number of ether oxygens (including phenoxy) is 5. The van der Waals surface area contributed by atoms with Crippen LogP contribution in [0.5, 0.6) is 23.0 Å². The Morgan fingerprint density at radius 2 is 1.74 bits per heavy atom. The summed E-state index contributed by atoms with van der Waals surface area (Å²) in [5.41, 5.74) is 1.01. The van der Waals surface area contributed by atoms with Gasteiger partial charge in [0, 0.05) is 31.7 Å². The van der Waals surface area contributed by atoms with E-state index >= 15 is 0 Å². The van der Waals surface area contributed by atoms with Gasteiger partial charge in [-0.3, -0.25) is 14.5 Å². The van der Waals surface area contributed by atoms with Crippen molar-refractivity contribution in [3.8, 4) is 23.0 Å². The van der Waals surface area contributed by atoms with Crippen molar-refractivity contribution in [2.45, 2.75) is 13.0 Å². The van der Waals surface area contributed by atoms with Crippen LogP contribution in [0.3, 0.4) is 0 Å². The molecule has 0 bridgehead atoms. The zero-order valence-corrected chi connectivity index (χ0v) is 21.6. The number of rotatable bonds is 8. The number of hydrogen-bond donors (Lipinski definition) is 1. The van der Waals surface area contributed by atoms with Crippen molar-refractivity contribution in [3.63, 3.8) is 0 Å². The standard InChI is InChI=1S/C28H32N2O8/c1-3-36-20-6-4-18(16-22(20)34-2)25-24(26(31)19-5-7-21-23(17-19)38-15-14-37-21)27(32)28(33)30(25)9-8-29-10-12-35-13-11-29/h4-7,16-17,25,31H,3,8-15H2,1-2H3/t25-/m0/s1. The number of likely N-dealkylation sites (tertiary alicyclic amines) is 1. The SMILES string of the molecule is CCOc1ccc([C@H]2C(=C(O)c3ccc4c(c3)OCCO4)C(=O)C(=O)N2CCN2CCOCC2)cc1OC. The maximum atomic E-state index is 13.4. The van der Waals surface area contributed by atoms with Crippen LogP contribution in [0.2, 0.25) is 0 Å². The highest BCUT2D eigenvalue weighted by molar-refractivity contribution is 6.46. The number of amides is 1. The van der Waals surface area contributed by atoms with E-state index in [2.05, 4.69) is 4.90 Å². The predicted octanol–water partition coefficient (Wildman–Crippen LogP) is 2.62. The summed E-state index contributed by atoms with van der Waals surface area (Å²) in [5.74, 6) is 0.394. The molecule has 38 heavy (non-hydrogen) atoms. The van der Waals surface area contributed by atoms with Crippen LogP contribution in [-0.2, 0) is 14.3 Å².